The summed E-state index contributed by atoms with van der Waals surface area (Å²) in [6.07, 6.45) is 1.99. The number of thiazole rings is 1. The minimum atomic E-state index is 0.831. The molecule has 0 aliphatic carbocycles. The van der Waals surface area contributed by atoms with Crippen LogP contribution in [0.15, 0.2) is 105 Å². The lowest BCUT2D eigenvalue weighted by Crippen LogP contribution is -2.23. The number of fused-ring (bicyclic) bond motifs is 1. The topological polar surface area (TPSA) is 33.5 Å². The molecule has 0 saturated heterocycles. The first-order chi connectivity index (χ1) is 14.7. The van der Waals surface area contributed by atoms with E-state index in [0.29, 0.717) is 0 Å². The fraction of sp³-hybridized carbons (Fsp3) is 0.0417. The molecular weight excluding hydrogens is 456 g/mol. The van der Waals surface area contributed by atoms with Gasteiger partial charge in [-0.25, -0.2) is 4.57 Å². The van der Waals surface area contributed by atoms with Crippen LogP contribution in [-0.4, -0.2) is 4.57 Å². The van der Waals surface area contributed by atoms with Crippen molar-refractivity contribution in [3.05, 3.63) is 94.9 Å². The predicted octanol–water partition coefficient (Wildman–Crippen LogP) is 7.36. The van der Waals surface area contributed by atoms with Gasteiger partial charge in [0.25, 0.3) is 0 Å². The Balaban J connectivity index is 1.83. The Hall–Kier alpha value is -3.09. The highest BCUT2D eigenvalue weighted by Gasteiger charge is 2.22. The Bertz CT molecular complexity index is 1350. The standard InChI is InChI=1S/C24H18BrN4S/c1-28-16-21(25)30-24(28)27-26-22-19-14-8-9-15-20(19)29(18-12-6-3-7-13-18)23(22)17-10-4-2-5-11-17/h2-16H,1H3/q+1. The highest BCUT2D eigenvalue weighted by molar-refractivity contribution is 9.11. The number of azo groups is 1. The Labute approximate surface area is 186 Å². The number of nitrogens with zero attached hydrogens (tertiary/aromatic N) is 4. The zero-order chi connectivity index (χ0) is 20.5. The van der Waals surface area contributed by atoms with Crippen LogP contribution in [0.5, 0.6) is 0 Å². The third-order valence-corrected chi connectivity index (χ3v) is 6.47. The van der Waals surface area contributed by atoms with E-state index < -0.39 is 0 Å². The molecule has 4 nitrogen and oxygen atoms in total. The van der Waals surface area contributed by atoms with Crippen molar-refractivity contribution < 1.29 is 4.57 Å². The van der Waals surface area contributed by atoms with Crippen LogP contribution in [0.3, 0.4) is 0 Å². The molecule has 0 atom stereocenters. The van der Waals surface area contributed by atoms with Gasteiger partial charge in [0.1, 0.15) is 15.7 Å². The van der Waals surface area contributed by atoms with E-state index in [1.165, 1.54) is 0 Å². The van der Waals surface area contributed by atoms with Crippen molar-refractivity contribution in [1.82, 2.24) is 4.57 Å². The summed E-state index contributed by atoms with van der Waals surface area (Å²) in [7, 11) is 1.97. The molecule has 6 heteroatoms. The molecule has 30 heavy (non-hydrogen) atoms. The lowest BCUT2D eigenvalue weighted by molar-refractivity contribution is -0.654. The van der Waals surface area contributed by atoms with Crippen LogP contribution in [0, 0.1) is 0 Å². The minimum absolute atomic E-state index is 0.831. The van der Waals surface area contributed by atoms with Crippen LogP contribution in [-0.2, 0) is 7.05 Å². The second-order valence-corrected chi connectivity index (χ2v) is 9.27. The number of aromatic nitrogens is 2. The summed E-state index contributed by atoms with van der Waals surface area (Å²) in [5, 5.41) is 11.3. The first-order valence-electron chi connectivity index (χ1n) is 9.53. The molecule has 0 bridgehead atoms. The quantitative estimate of drug-likeness (QED) is 0.193. The van der Waals surface area contributed by atoms with Gasteiger partial charge in [0.05, 0.1) is 23.4 Å². The number of benzene rings is 3. The molecule has 0 spiro atoms. The van der Waals surface area contributed by atoms with Crippen LogP contribution in [0.25, 0.3) is 27.8 Å². The lowest BCUT2D eigenvalue weighted by atomic mass is 10.1. The second-order valence-electron chi connectivity index (χ2n) is 6.88. The normalized spacial score (nSPS) is 11.5. The minimum Gasteiger partial charge on any atom is -0.307 e. The smallest absolute Gasteiger partial charge is 0.307 e. The molecular formula is C24H18BrN4S+. The molecule has 146 valence electrons. The van der Waals surface area contributed by atoms with E-state index in [0.717, 1.165) is 42.5 Å². The van der Waals surface area contributed by atoms with Crippen LogP contribution in [0.1, 0.15) is 0 Å². The van der Waals surface area contributed by atoms with Gasteiger partial charge in [0.2, 0.25) is 0 Å². The maximum Gasteiger partial charge on any atom is 0.409 e. The van der Waals surface area contributed by atoms with Gasteiger partial charge in [-0.05, 0) is 50.6 Å². The largest absolute Gasteiger partial charge is 0.409 e. The average molecular weight is 474 g/mol. The molecule has 2 aromatic heterocycles. The second kappa shape index (κ2) is 7.97. The fourth-order valence-electron chi connectivity index (χ4n) is 3.61. The predicted molar refractivity (Wildman–Crippen MR) is 126 cm³/mol. The summed E-state index contributed by atoms with van der Waals surface area (Å²) in [5.74, 6) is 0. The Kier molecular flexibility index (Phi) is 5.02. The number of aryl methyl sites for hydroxylation is 1. The molecule has 5 aromatic rings. The molecule has 0 saturated carbocycles. The number of para-hydroxylation sites is 2. The first kappa shape index (κ1) is 18.9. The lowest BCUT2D eigenvalue weighted by Gasteiger charge is -2.11. The molecule has 0 fully saturated rings. The van der Waals surface area contributed by atoms with Gasteiger partial charge in [0.15, 0.2) is 0 Å². The highest BCUT2D eigenvalue weighted by Crippen LogP contribution is 2.42. The van der Waals surface area contributed by atoms with Crippen molar-refractivity contribution in [2.45, 2.75) is 0 Å². The van der Waals surface area contributed by atoms with Crippen molar-refractivity contribution in [2.75, 3.05) is 0 Å². The van der Waals surface area contributed by atoms with Crippen molar-refractivity contribution in [2.24, 2.45) is 17.3 Å². The fourth-order valence-corrected chi connectivity index (χ4v) is 5.01. The van der Waals surface area contributed by atoms with Crippen LogP contribution in [0.2, 0.25) is 0 Å². The van der Waals surface area contributed by atoms with E-state index in [-0.39, 0.29) is 0 Å². The van der Waals surface area contributed by atoms with Gasteiger partial charge in [-0.3, -0.25) is 0 Å². The van der Waals surface area contributed by atoms with Crippen molar-refractivity contribution >= 4 is 49.0 Å². The Morgan fingerprint density at radius 3 is 2.20 bits per heavy atom. The van der Waals surface area contributed by atoms with Gasteiger partial charge in [0, 0.05) is 16.6 Å². The molecule has 0 aliphatic rings. The third-order valence-electron chi connectivity index (χ3n) is 4.93. The third kappa shape index (κ3) is 3.38. The summed E-state index contributed by atoms with van der Waals surface area (Å²) in [5.41, 5.74) is 5.20. The molecule has 0 unspecified atom stereocenters. The molecule has 5 rings (SSSR count). The van der Waals surface area contributed by atoms with Gasteiger partial charge >= 0.3 is 5.13 Å². The number of halogens is 1. The number of rotatable bonds is 4. The van der Waals surface area contributed by atoms with Crippen molar-refractivity contribution in [3.63, 3.8) is 0 Å². The SMILES string of the molecule is C[n+]1cc(Br)sc1N=Nc1c(-c2ccccc2)n(-c2ccccc2)c2ccccc12. The van der Waals surface area contributed by atoms with Crippen LogP contribution >= 0.6 is 27.3 Å². The summed E-state index contributed by atoms with van der Waals surface area (Å²) in [6.45, 7) is 0. The summed E-state index contributed by atoms with van der Waals surface area (Å²) in [4.78, 5) is 0. The maximum atomic E-state index is 4.77. The number of hydrogen-bond donors (Lipinski definition) is 0. The van der Waals surface area contributed by atoms with E-state index in [1.54, 1.807) is 11.3 Å². The highest BCUT2D eigenvalue weighted by atomic mass is 79.9. The van der Waals surface area contributed by atoms with Crippen molar-refractivity contribution in [3.8, 4) is 16.9 Å². The monoisotopic (exact) mass is 473 g/mol. The van der Waals surface area contributed by atoms with E-state index in [1.807, 2.05) is 36.0 Å². The van der Waals surface area contributed by atoms with Gasteiger partial charge < -0.3 is 4.57 Å². The zero-order valence-corrected chi connectivity index (χ0v) is 18.6. The molecule has 0 amide bonds. The molecule has 0 N–H and O–H groups in total. The van der Waals surface area contributed by atoms with E-state index in [2.05, 4.69) is 92.3 Å². The van der Waals surface area contributed by atoms with Crippen LogP contribution in [0.4, 0.5) is 10.8 Å². The Morgan fingerprint density at radius 2 is 1.50 bits per heavy atom. The summed E-state index contributed by atoms with van der Waals surface area (Å²) >= 11 is 5.08. The van der Waals surface area contributed by atoms with Gasteiger partial charge in [-0.2, -0.15) is 0 Å². The molecule has 0 aliphatic heterocycles. The number of hydrogen-bond acceptors (Lipinski definition) is 3. The molecule has 2 heterocycles. The summed E-state index contributed by atoms with van der Waals surface area (Å²) < 4.78 is 5.26. The molecule has 0 radical (unpaired) electrons. The van der Waals surface area contributed by atoms with E-state index in [9.17, 15) is 0 Å². The average Bonchev–Trinajstić information content (AvgIpc) is 3.29. The Morgan fingerprint density at radius 1 is 0.833 bits per heavy atom. The van der Waals surface area contributed by atoms with Gasteiger partial charge in [-0.15, -0.1) is 0 Å². The van der Waals surface area contributed by atoms with Gasteiger partial charge in [-0.1, -0.05) is 66.7 Å². The maximum absolute atomic E-state index is 4.77. The zero-order valence-electron chi connectivity index (χ0n) is 16.2. The molecule has 3 aromatic carbocycles. The first-order valence-corrected chi connectivity index (χ1v) is 11.1. The van der Waals surface area contributed by atoms with Crippen molar-refractivity contribution in [1.29, 1.82) is 0 Å². The van der Waals surface area contributed by atoms with E-state index >= 15 is 0 Å². The summed E-state index contributed by atoms with van der Waals surface area (Å²) in [6, 6.07) is 29.1. The van der Waals surface area contributed by atoms with Crippen LogP contribution < -0.4 is 4.57 Å². The van der Waals surface area contributed by atoms with E-state index in [4.69, 9.17) is 5.11 Å².